The van der Waals surface area contributed by atoms with Gasteiger partial charge >= 0.3 is 0 Å². The number of pyridine rings is 2. The van der Waals surface area contributed by atoms with Crippen LogP contribution in [0.4, 0.5) is 0 Å². The third-order valence-electron chi connectivity index (χ3n) is 5.63. The van der Waals surface area contributed by atoms with Crippen molar-refractivity contribution < 1.29 is 18.8 Å². The molecule has 1 aliphatic heterocycles. The average Bonchev–Trinajstić information content (AvgIpc) is 3.13. The Kier molecular flexibility index (Phi) is 5.69. The molecule has 0 spiro atoms. The summed E-state index contributed by atoms with van der Waals surface area (Å²) in [5, 5.41) is 1.01. The maximum atomic E-state index is 13.3. The number of carbonyl (C=O) groups is 1. The van der Waals surface area contributed by atoms with E-state index in [1.807, 2.05) is 24.3 Å². The Labute approximate surface area is 176 Å². The van der Waals surface area contributed by atoms with Crippen molar-refractivity contribution in [2.24, 2.45) is 0 Å². The molecule has 0 amide bonds. The molecule has 0 fully saturated rings. The second kappa shape index (κ2) is 8.26. The highest BCUT2D eigenvalue weighted by atomic mass is 31.0. The first kappa shape index (κ1) is 20.7. The number of rotatable bonds is 7. The second-order valence-electron chi connectivity index (χ2n) is 7.15. The predicted molar refractivity (Wildman–Crippen MR) is 117 cm³/mol. The standard InChI is InChI=1S/C22H23N2O5P/c1-4-13-14-7-12(29-30)5-6-18(14)23-21-16(13)9-24-19(21)8-15(20(10-25)28-3)17(11-27-2)22(24)26/h5-8,10,20H,4,9,11,30H2,1-3H3. The lowest BCUT2D eigenvalue weighted by Gasteiger charge is -2.16. The number of aromatic nitrogens is 2. The summed E-state index contributed by atoms with van der Waals surface area (Å²) < 4.78 is 17.6. The zero-order chi connectivity index (χ0) is 21.4. The molecule has 0 saturated carbocycles. The minimum absolute atomic E-state index is 0.101. The molecule has 0 aliphatic carbocycles. The summed E-state index contributed by atoms with van der Waals surface area (Å²) >= 11 is 0. The summed E-state index contributed by atoms with van der Waals surface area (Å²) in [7, 11) is 5.22. The molecule has 3 heterocycles. The molecule has 4 rings (SSSR count). The Hall–Kier alpha value is -2.60. The highest BCUT2D eigenvalue weighted by Gasteiger charge is 2.29. The second-order valence-corrected chi connectivity index (χ2v) is 7.38. The third-order valence-corrected chi connectivity index (χ3v) is 5.90. The fraction of sp³-hybridized carbons (Fsp3) is 0.318. The van der Waals surface area contributed by atoms with Gasteiger partial charge in [0, 0.05) is 36.3 Å². The summed E-state index contributed by atoms with van der Waals surface area (Å²) in [6.07, 6.45) is 0.638. The molecule has 0 bridgehead atoms. The van der Waals surface area contributed by atoms with E-state index in [-0.39, 0.29) is 12.2 Å². The minimum atomic E-state index is -0.842. The van der Waals surface area contributed by atoms with Gasteiger partial charge < -0.3 is 23.4 Å². The first-order valence-corrected chi connectivity index (χ1v) is 10.1. The maximum Gasteiger partial charge on any atom is 0.257 e. The van der Waals surface area contributed by atoms with Crippen molar-refractivity contribution in [3.63, 3.8) is 0 Å². The summed E-state index contributed by atoms with van der Waals surface area (Å²) in [6, 6.07) is 7.58. The lowest BCUT2D eigenvalue weighted by Crippen LogP contribution is -2.27. The van der Waals surface area contributed by atoms with Gasteiger partial charge in [0.25, 0.3) is 5.56 Å². The van der Waals surface area contributed by atoms with Crippen LogP contribution in [0.5, 0.6) is 5.75 Å². The fourth-order valence-corrected chi connectivity index (χ4v) is 4.37. The number of fused-ring (bicyclic) bond motifs is 4. The first-order valence-electron chi connectivity index (χ1n) is 9.64. The van der Waals surface area contributed by atoms with Crippen molar-refractivity contribution in [2.45, 2.75) is 32.6 Å². The third kappa shape index (κ3) is 3.14. The molecule has 2 aromatic heterocycles. The monoisotopic (exact) mass is 426 g/mol. The molecule has 156 valence electrons. The quantitative estimate of drug-likeness (QED) is 0.334. The van der Waals surface area contributed by atoms with E-state index < -0.39 is 6.10 Å². The van der Waals surface area contributed by atoms with Gasteiger partial charge in [-0.3, -0.25) is 4.79 Å². The Morgan fingerprint density at radius 3 is 2.70 bits per heavy atom. The summed E-state index contributed by atoms with van der Waals surface area (Å²) in [5.41, 5.74) is 5.20. The Bertz CT molecular complexity index is 1200. The summed E-state index contributed by atoms with van der Waals surface area (Å²) in [4.78, 5) is 29.8. The van der Waals surface area contributed by atoms with E-state index >= 15 is 0 Å². The van der Waals surface area contributed by atoms with Gasteiger partial charge in [0.1, 0.15) is 11.9 Å². The van der Waals surface area contributed by atoms with Gasteiger partial charge in [-0.1, -0.05) is 6.92 Å². The van der Waals surface area contributed by atoms with Gasteiger partial charge in [0.2, 0.25) is 0 Å². The van der Waals surface area contributed by atoms with Gasteiger partial charge in [-0.05, 0) is 36.2 Å². The van der Waals surface area contributed by atoms with E-state index in [1.54, 1.807) is 4.57 Å². The van der Waals surface area contributed by atoms with Gasteiger partial charge in [-0.15, -0.1) is 0 Å². The Morgan fingerprint density at radius 2 is 2.07 bits per heavy atom. The molecular weight excluding hydrogens is 403 g/mol. The summed E-state index contributed by atoms with van der Waals surface area (Å²) in [5.74, 6) is 0.732. The minimum Gasteiger partial charge on any atom is -0.480 e. The molecule has 8 heteroatoms. The van der Waals surface area contributed by atoms with Crippen LogP contribution in [-0.4, -0.2) is 30.1 Å². The van der Waals surface area contributed by atoms with Crippen molar-refractivity contribution in [1.29, 1.82) is 0 Å². The van der Waals surface area contributed by atoms with E-state index in [0.717, 1.165) is 39.9 Å². The van der Waals surface area contributed by atoms with Crippen LogP contribution in [0.1, 0.15) is 35.3 Å². The zero-order valence-corrected chi connectivity index (χ0v) is 18.3. The SMILES string of the molecule is CCc1c2c(nc3ccc(OP)cc13)-c1cc(C(C=O)OC)c(COC)c(=O)n1C2. The van der Waals surface area contributed by atoms with Gasteiger partial charge in [0.05, 0.1) is 39.5 Å². The number of benzene rings is 1. The molecule has 2 atom stereocenters. The van der Waals surface area contributed by atoms with E-state index in [0.29, 0.717) is 29.7 Å². The van der Waals surface area contributed by atoms with Crippen molar-refractivity contribution in [3.05, 3.63) is 56.9 Å². The van der Waals surface area contributed by atoms with Crippen LogP contribution in [0.25, 0.3) is 22.3 Å². The highest BCUT2D eigenvalue weighted by Crippen LogP contribution is 2.38. The number of ether oxygens (including phenoxy) is 2. The smallest absolute Gasteiger partial charge is 0.257 e. The van der Waals surface area contributed by atoms with Crippen LogP contribution >= 0.6 is 9.47 Å². The number of carbonyl (C=O) groups excluding carboxylic acids is 1. The topological polar surface area (TPSA) is 79.7 Å². The number of aldehydes is 1. The molecule has 1 aromatic carbocycles. The number of hydrogen-bond acceptors (Lipinski definition) is 6. The maximum absolute atomic E-state index is 13.3. The van der Waals surface area contributed by atoms with Crippen LogP contribution in [0.2, 0.25) is 0 Å². The molecular formula is C22H23N2O5P. The molecule has 2 unspecified atom stereocenters. The number of nitrogens with zero attached hydrogens (tertiary/aromatic N) is 2. The lowest BCUT2D eigenvalue weighted by atomic mass is 9.98. The van der Waals surface area contributed by atoms with Crippen LogP contribution < -0.4 is 10.1 Å². The molecule has 0 saturated heterocycles. The number of hydrogen-bond donors (Lipinski definition) is 0. The van der Waals surface area contributed by atoms with Crippen LogP contribution in [-0.2, 0) is 33.8 Å². The van der Waals surface area contributed by atoms with Gasteiger partial charge in [-0.2, -0.15) is 0 Å². The van der Waals surface area contributed by atoms with E-state index in [1.165, 1.54) is 14.2 Å². The van der Waals surface area contributed by atoms with Gasteiger partial charge in [0.15, 0.2) is 6.29 Å². The van der Waals surface area contributed by atoms with E-state index in [9.17, 15) is 9.59 Å². The number of methoxy groups -OCH3 is 2. The zero-order valence-electron chi connectivity index (χ0n) is 17.1. The summed E-state index contributed by atoms with van der Waals surface area (Å²) in [6.45, 7) is 2.62. The fourth-order valence-electron chi connectivity index (χ4n) is 4.23. The molecule has 7 nitrogen and oxygen atoms in total. The van der Waals surface area contributed by atoms with Gasteiger partial charge in [-0.25, -0.2) is 4.98 Å². The largest absolute Gasteiger partial charge is 0.480 e. The Balaban J connectivity index is 2.02. The molecule has 0 radical (unpaired) electrons. The van der Waals surface area contributed by atoms with Crippen molar-refractivity contribution in [1.82, 2.24) is 9.55 Å². The van der Waals surface area contributed by atoms with Crippen LogP contribution in [0, 0.1) is 0 Å². The normalized spacial score (nSPS) is 13.2. The van der Waals surface area contributed by atoms with E-state index in [4.69, 9.17) is 19.0 Å². The first-order chi connectivity index (χ1) is 14.6. The molecule has 30 heavy (non-hydrogen) atoms. The van der Waals surface area contributed by atoms with Crippen LogP contribution in [0.3, 0.4) is 0 Å². The van der Waals surface area contributed by atoms with E-state index in [2.05, 4.69) is 16.4 Å². The molecule has 3 aromatic rings. The van der Waals surface area contributed by atoms with Crippen LogP contribution in [0.15, 0.2) is 29.1 Å². The number of aryl methyl sites for hydroxylation is 1. The average molecular weight is 426 g/mol. The highest BCUT2D eigenvalue weighted by molar-refractivity contribution is 7.10. The van der Waals surface area contributed by atoms with Crippen molar-refractivity contribution in [2.75, 3.05) is 14.2 Å². The van der Waals surface area contributed by atoms with Crippen molar-refractivity contribution in [3.8, 4) is 17.1 Å². The molecule has 1 aliphatic rings. The molecule has 0 N–H and O–H groups in total. The lowest BCUT2D eigenvalue weighted by molar-refractivity contribution is -0.116. The predicted octanol–water partition coefficient (Wildman–Crippen LogP) is 3.19. The Morgan fingerprint density at radius 1 is 1.27 bits per heavy atom. The van der Waals surface area contributed by atoms with Crippen molar-refractivity contribution >= 4 is 26.7 Å².